The van der Waals surface area contributed by atoms with Crippen LogP contribution in [0.25, 0.3) is 10.8 Å². The first-order valence-corrected chi connectivity index (χ1v) is 10.8. The molecule has 23 heavy (non-hydrogen) atoms. The topological polar surface area (TPSA) is 9.23 Å². The number of ether oxygens (including phenoxy) is 1. The number of fused-ring (bicyclic) bond motifs is 1. The van der Waals surface area contributed by atoms with Gasteiger partial charge in [0.15, 0.2) is 8.07 Å². The Morgan fingerprint density at radius 1 is 0.783 bits per heavy atom. The molecule has 0 atom stereocenters. The Balaban J connectivity index is 2.28. The molecule has 0 saturated heterocycles. The third-order valence-corrected chi connectivity index (χ3v) is 11.3. The molecule has 0 unspecified atom stereocenters. The molecule has 122 valence electrons. The first-order valence-electron chi connectivity index (χ1n) is 8.55. The Kier molecular flexibility index (Phi) is 5.54. The highest BCUT2D eigenvalue weighted by atomic mass is 28.3. The highest BCUT2D eigenvalue weighted by Crippen LogP contribution is 2.40. The Labute approximate surface area is 142 Å². The maximum absolute atomic E-state index is 5.79. The van der Waals surface area contributed by atoms with Gasteiger partial charge in [0.1, 0.15) is 11.9 Å². The number of rotatable bonds is 4. The second kappa shape index (κ2) is 7.23. The third kappa shape index (κ3) is 3.62. The molecule has 0 aliphatic heterocycles. The van der Waals surface area contributed by atoms with Gasteiger partial charge in [-0.25, -0.2) is 0 Å². The van der Waals surface area contributed by atoms with Gasteiger partial charge in [-0.05, 0) is 39.5 Å². The van der Waals surface area contributed by atoms with Crippen molar-refractivity contribution in [2.24, 2.45) is 0 Å². The monoisotopic (exact) mass is 324 g/mol. The molecule has 0 radical (unpaired) electrons. The molecular weight excluding hydrogens is 296 g/mol. The molecule has 0 heterocycles. The summed E-state index contributed by atoms with van der Waals surface area (Å²) < 4.78 is 5.79. The summed E-state index contributed by atoms with van der Waals surface area (Å²) in [7, 11) is -1.72. The van der Waals surface area contributed by atoms with Crippen molar-refractivity contribution in [3.63, 3.8) is 0 Å². The summed E-state index contributed by atoms with van der Waals surface area (Å²) in [6.07, 6.45) is 3.06. The Morgan fingerprint density at radius 3 is 1.91 bits per heavy atom. The molecule has 0 aliphatic carbocycles. The van der Waals surface area contributed by atoms with E-state index in [2.05, 4.69) is 83.5 Å². The van der Waals surface area contributed by atoms with Crippen LogP contribution in [0.15, 0.2) is 42.5 Å². The van der Waals surface area contributed by atoms with Crippen molar-refractivity contribution in [1.29, 1.82) is 0 Å². The smallest absolute Gasteiger partial charge is 0.150 e. The van der Waals surface area contributed by atoms with Crippen molar-refractivity contribution in [3.05, 3.63) is 42.5 Å². The number of hydrogen-bond donors (Lipinski definition) is 0. The maximum atomic E-state index is 5.79. The molecule has 2 heteroatoms. The molecule has 0 fully saturated rings. The van der Waals surface area contributed by atoms with Gasteiger partial charge >= 0.3 is 0 Å². The lowest BCUT2D eigenvalue weighted by atomic mass is 10.1. The average molecular weight is 325 g/mol. The van der Waals surface area contributed by atoms with E-state index in [4.69, 9.17) is 4.74 Å². The van der Waals surface area contributed by atoms with Crippen LogP contribution >= 0.6 is 0 Å². The molecule has 1 nitrogen and oxygen atoms in total. The van der Waals surface area contributed by atoms with Gasteiger partial charge in [-0.15, -0.1) is 0 Å². The van der Waals surface area contributed by atoms with Gasteiger partial charge in [-0.3, -0.25) is 0 Å². The van der Waals surface area contributed by atoms with Crippen LogP contribution in [0.4, 0.5) is 0 Å². The Hall–Kier alpha value is -1.72. The van der Waals surface area contributed by atoms with Crippen molar-refractivity contribution in [1.82, 2.24) is 0 Å². The van der Waals surface area contributed by atoms with Crippen LogP contribution in [-0.2, 0) is 0 Å². The quantitative estimate of drug-likeness (QED) is 0.467. The predicted octanol–water partition coefficient (Wildman–Crippen LogP) is 6.40. The van der Waals surface area contributed by atoms with Crippen LogP contribution in [-0.4, -0.2) is 8.07 Å². The molecule has 0 aromatic heterocycles. The fraction of sp³-hybridized carbons (Fsp3) is 0.429. The van der Waals surface area contributed by atoms with E-state index in [1.54, 1.807) is 0 Å². The summed E-state index contributed by atoms with van der Waals surface area (Å²) >= 11 is 0. The van der Waals surface area contributed by atoms with Gasteiger partial charge in [0.2, 0.25) is 0 Å². The highest BCUT2D eigenvalue weighted by molar-refractivity contribution is 6.90. The SMILES string of the molecule is CC(C)[Si](C#COc1ccc2ccccc2c1)(C(C)C)C(C)C. The molecule has 2 aromatic carbocycles. The van der Waals surface area contributed by atoms with Crippen LogP contribution in [0.3, 0.4) is 0 Å². The van der Waals surface area contributed by atoms with E-state index in [-0.39, 0.29) is 0 Å². The summed E-state index contributed by atoms with van der Waals surface area (Å²) in [5.74, 6) is 0.829. The van der Waals surface area contributed by atoms with E-state index in [1.165, 1.54) is 10.8 Å². The standard InChI is InChI=1S/C21H28OSi/c1-16(2)23(17(3)4,18(5)6)14-13-22-21-12-11-19-9-7-8-10-20(19)15-21/h7-12,15-18H,1-6H3. The second-order valence-corrected chi connectivity index (χ2v) is 12.8. The van der Waals surface area contributed by atoms with Crippen LogP contribution in [0.2, 0.25) is 16.6 Å². The largest absolute Gasteiger partial charge is 0.408 e. The van der Waals surface area contributed by atoms with E-state index in [0.29, 0.717) is 16.6 Å². The molecule has 0 amide bonds. The zero-order valence-corrected chi connectivity index (χ0v) is 16.2. The van der Waals surface area contributed by atoms with E-state index in [9.17, 15) is 0 Å². The van der Waals surface area contributed by atoms with Crippen molar-refractivity contribution in [2.75, 3.05) is 0 Å². The van der Waals surface area contributed by atoms with E-state index < -0.39 is 8.07 Å². The molecule has 0 aliphatic rings. The van der Waals surface area contributed by atoms with Crippen molar-refractivity contribution in [2.45, 2.75) is 58.2 Å². The van der Waals surface area contributed by atoms with E-state index in [0.717, 1.165) is 5.75 Å². The summed E-state index contributed by atoms with van der Waals surface area (Å²) in [4.78, 5) is 0. The second-order valence-electron chi connectivity index (χ2n) is 7.24. The van der Waals surface area contributed by atoms with Gasteiger partial charge in [0.05, 0.1) is 0 Å². The van der Waals surface area contributed by atoms with Crippen molar-refractivity contribution >= 4 is 18.8 Å². The first-order chi connectivity index (χ1) is 10.9. The zero-order chi connectivity index (χ0) is 17.0. The predicted molar refractivity (Wildman–Crippen MR) is 103 cm³/mol. The molecule has 0 bridgehead atoms. The minimum Gasteiger partial charge on any atom is -0.408 e. The summed E-state index contributed by atoms with van der Waals surface area (Å²) in [5, 5.41) is 2.41. The molecule has 2 aromatic rings. The minimum absolute atomic E-state index is 0.621. The van der Waals surface area contributed by atoms with Crippen LogP contribution in [0, 0.1) is 11.7 Å². The molecule has 0 saturated carbocycles. The summed E-state index contributed by atoms with van der Waals surface area (Å²) in [5.41, 5.74) is 5.46. The van der Waals surface area contributed by atoms with Crippen molar-refractivity contribution in [3.8, 4) is 17.4 Å². The summed E-state index contributed by atoms with van der Waals surface area (Å²) in [6, 6.07) is 14.5. The fourth-order valence-electron chi connectivity index (χ4n) is 3.84. The molecule has 2 rings (SSSR count). The molecule has 0 N–H and O–H groups in total. The zero-order valence-electron chi connectivity index (χ0n) is 15.2. The van der Waals surface area contributed by atoms with Crippen LogP contribution in [0.1, 0.15) is 41.5 Å². The first kappa shape index (κ1) is 17.6. The van der Waals surface area contributed by atoms with Gasteiger partial charge in [-0.2, -0.15) is 0 Å². The summed E-state index contributed by atoms with van der Waals surface area (Å²) in [6.45, 7) is 13.9. The van der Waals surface area contributed by atoms with Crippen LogP contribution < -0.4 is 4.74 Å². The normalized spacial score (nSPS) is 11.9. The van der Waals surface area contributed by atoms with Gasteiger partial charge in [0, 0.05) is 0 Å². The van der Waals surface area contributed by atoms with Gasteiger partial charge < -0.3 is 4.74 Å². The Morgan fingerprint density at radius 2 is 1.35 bits per heavy atom. The lowest BCUT2D eigenvalue weighted by molar-refractivity contribution is 0.521. The van der Waals surface area contributed by atoms with Gasteiger partial charge in [0.25, 0.3) is 0 Å². The van der Waals surface area contributed by atoms with Gasteiger partial charge in [-0.1, -0.05) is 77.4 Å². The lowest BCUT2D eigenvalue weighted by Gasteiger charge is -2.37. The van der Waals surface area contributed by atoms with Crippen molar-refractivity contribution < 1.29 is 4.74 Å². The van der Waals surface area contributed by atoms with E-state index >= 15 is 0 Å². The highest BCUT2D eigenvalue weighted by Gasteiger charge is 2.42. The number of benzene rings is 2. The molecular formula is C21H28OSi. The minimum atomic E-state index is -1.72. The lowest BCUT2D eigenvalue weighted by Crippen LogP contribution is -2.43. The maximum Gasteiger partial charge on any atom is 0.150 e. The number of hydrogen-bond acceptors (Lipinski definition) is 1. The van der Waals surface area contributed by atoms with E-state index in [1.807, 2.05) is 12.1 Å². The molecule has 0 spiro atoms. The fourth-order valence-corrected chi connectivity index (χ4v) is 8.93. The third-order valence-electron chi connectivity index (χ3n) is 5.02. The van der Waals surface area contributed by atoms with Crippen LogP contribution in [0.5, 0.6) is 5.75 Å². The average Bonchev–Trinajstić information content (AvgIpc) is 2.50. The Bertz CT molecular complexity index is 697.